The Hall–Kier alpha value is -1.73. The minimum Gasteiger partial charge on any atom is -0.438 e. The van der Waals surface area contributed by atoms with Gasteiger partial charge in [0.25, 0.3) is 5.89 Å². The van der Waals surface area contributed by atoms with Gasteiger partial charge in [-0.15, -0.1) is 0 Å². The van der Waals surface area contributed by atoms with Gasteiger partial charge in [-0.1, -0.05) is 5.16 Å². The molecule has 2 heterocycles. The van der Waals surface area contributed by atoms with Gasteiger partial charge in [0, 0.05) is 0 Å². The van der Waals surface area contributed by atoms with Gasteiger partial charge in [-0.3, -0.25) is 0 Å². The van der Waals surface area contributed by atoms with Crippen LogP contribution in [0.1, 0.15) is 37.7 Å². The lowest BCUT2D eigenvalue weighted by Crippen LogP contribution is -2.41. The minimum atomic E-state index is -0.786. The molecule has 0 spiro atoms. The molecule has 7 heteroatoms. The number of aromatic nitrogens is 3. The Morgan fingerprint density at radius 3 is 2.90 bits per heavy atom. The van der Waals surface area contributed by atoms with Crippen molar-refractivity contribution < 1.29 is 13.7 Å². The molecule has 0 amide bonds. The number of nitrogens with zero attached hydrogens (tertiary/aromatic N) is 3. The first-order valence-corrected chi connectivity index (χ1v) is 6.71. The predicted molar refractivity (Wildman–Crippen MR) is 69.7 cm³/mol. The number of aryl methyl sites for hydroxylation is 1. The maximum Gasteiger partial charge on any atom is 0.295 e. The van der Waals surface area contributed by atoms with Gasteiger partial charge in [0.05, 0.1) is 18.4 Å². The first-order chi connectivity index (χ1) is 9.56. The van der Waals surface area contributed by atoms with Crippen LogP contribution in [0.2, 0.25) is 0 Å². The summed E-state index contributed by atoms with van der Waals surface area (Å²) in [6, 6.07) is 0. The normalized spacial score (nSPS) is 18.8. The molecule has 0 radical (unpaired) electrons. The molecule has 2 aromatic heterocycles. The number of rotatable bonds is 5. The van der Waals surface area contributed by atoms with Crippen LogP contribution in [0.25, 0.3) is 11.7 Å². The molecule has 0 aliphatic heterocycles. The predicted octanol–water partition coefficient (Wildman–Crippen LogP) is 1.78. The zero-order valence-corrected chi connectivity index (χ0v) is 11.6. The molecule has 1 aliphatic carbocycles. The third-order valence-corrected chi connectivity index (χ3v) is 3.55. The Labute approximate surface area is 116 Å². The molecule has 1 atom stereocenters. The average Bonchev–Trinajstić information content (AvgIpc) is 2.94. The van der Waals surface area contributed by atoms with Crippen LogP contribution < -0.4 is 5.73 Å². The molecule has 1 aliphatic rings. The topological polar surface area (TPSA) is 100 Å². The molecule has 1 fully saturated rings. The average molecular weight is 278 g/mol. The van der Waals surface area contributed by atoms with Gasteiger partial charge in [-0.25, -0.2) is 4.98 Å². The van der Waals surface area contributed by atoms with Gasteiger partial charge in [0.1, 0.15) is 5.54 Å². The van der Waals surface area contributed by atoms with Gasteiger partial charge < -0.3 is 19.4 Å². The van der Waals surface area contributed by atoms with Gasteiger partial charge in [-0.05, 0) is 33.1 Å². The highest BCUT2D eigenvalue weighted by atomic mass is 16.5. The van der Waals surface area contributed by atoms with Gasteiger partial charge >= 0.3 is 0 Å². The van der Waals surface area contributed by atoms with Crippen LogP contribution in [-0.2, 0) is 10.3 Å². The molecule has 0 aromatic carbocycles. The van der Waals surface area contributed by atoms with E-state index in [1.807, 2.05) is 13.8 Å². The molecule has 3 rings (SSSR count). The number of oxazole rings is 1. The fourth-order valence-electron chi connectivity index (χ4n) is 1.95. The summed E-state index contributed by atoms with van der Waals surface area (Å²) in [5, 5.41) is 3.93. The molecule has 20 heavy (non-hydrogen) atoms. The fourth-order valence-corrected chi connectivity index (χ4v) is 1.95. The Morgan fingerprint density at radius 2 is 2.30 bits per heavy atom. The van der Waals surface area contributed by atoms with E-state index in [9.17, 15) is 0 Å². The highest BCUT2D eigenvalue weighted by Crippen LogP contribution is 2.26. The quantitative estimate of drug-likeness (QED) is 0.889. The number of ether oxygens (including phenoxy) is 1. The van der Waals surface area contributed by atoms with Crippen molar-refractivity contribution >= 4 is 0 Å². The molecular weight excluding hydrogens is 260 g/mol. The van der Waals surface area contributed by atoms with Crippen molar-refractivity contribution in [3.8, 4) is 11.7 Å². The van der Waals surface area contributed by atoms with Gasteiger partial charge in [0.15, 0.2) is 12.2 Å². The monoisotopic (exact) mass is 278 g/mol. The highest BCUT2D eigenvalue weighted by Gasteiger charge is 2.31. The van der Waals surface area contributed by atoms with E-state index >= 15 is 0 Å². The van der Waals surface area contributed by atoms with E-state index in [1.54, 1.807) is 0 Å². The summed E-state index contributed by atoms with van der Waals surface area (Å²) in [5.74, 6) is 1.16. The van der Waals surface area contributed by atoms with Crippen molar-refractivity contribution in [2.75, 3.05) is 6.61 Å². The van der Waals surface area contributed by atoms with Gasteiger partial charge in [-0.2, -0.15) is 4.98 Å². The Bertz CT molecular complexity index is 586. The maximum atomic E-state index is 6.21. The van der Waals surface area contributed by atoms with Gasteiger partial charge in [0.2, 0.25) is 5.76 Å². The third-order valence-electron chi connectivity index (χ3n) is 3.55. The standard InChI is InChI=1S/C13H18N4O3/c1-8-10(19-7-15-8)11-16-12(17-20-11)13(2,14)6-18-9-4-3-5-9/h7,9H,3-6,14H2,1-2H3. The summed E-state index contributed by atoms with van der Waals surface area (Å²) in [7, 11) is 0. The highest BCUT2D eigenvalue weighted by molar-refractivity contribution is 5.46. The number of hydrogen-bond donors (Lipinski definition) is 1. The Balaban J connectivity index is 1.73. The van der Waals surface area contributed by atoms with E-state index in [-0.39, 0.29) is 5.89 Å². The van der Waals surface area contributed by atoms with E-state index in [2.05, 4.69) is 15.1 Å². The second-order valence-electron chi connectivity index (χ2n) is 5.47. The lowest BCUT2D eigenvalue weighted by molar-refractivity contribution is -0.0222. The summed E-state index contributed by atoms with van der Waals surface area (Å²) in [5.41, 5.74) is 6.13. The van der Waals surface area contributed by atoms with Crippen LogP contribution in [0.15, 0.2) is 15.3 Å². The summed E-state index contributed by atoms with van der Waals surface area (Å²) < 4.78 is 16.2. The van der Waals surface area contributed by atoms with Crippen LogP contribution in [-0.4, -0.2) is 27.8 Å². The fraction of sp³-hybridized carbons (Fsp3) is 0.615. The van der Waals surface area contributed by atoms with Crippen molar-refractivity contribution in [3.05, 3.63) is 17.9 Å². The molecule has 1 unspecified atom stereocenters. The van der Waals surface area contributed by atoms with Crippen LogP contribution in [0, 0.1) is 6.92 Å². The largest absolute Gasteiger partial charge is 0.438 e. The molecule has 0 saturated heterocycles. The van der Waals surface area contributed by atoms with E-state index in [1.165, 1.54) is 12.8 Å². The summed E-state index contributed by atoms with van der Waals surface area (Å²) in [6.45, 7) is 4.00. The second kappa shape index (κ2) is 4.99. The van der Waals surface area contributed by atoms with Crippen molar-refractivity contribution in [3.63, 3.8) is 0 Å². The minimum absolute atomic E-state index is 0.287. The summed E-state index contributed by atoms with van der Waals surface area (Å²) in [6.07, 6.45) is 5.09. The first-order valence-electron chi connectivity index (χ1n) is 6.71. The van der Waals surface area contributed by atoms with Crippen LogP contribution in [0.4, 0.5) is 0 Å². The Kier molecular flexibility index (Phi) is 3.31. The zero-order chi connectivity index (χ0) is 14.2. The van der Waals surface area contributed by atoms with Crippen LogP contribution in [0.3, 0.4) is 0 Å². The first kappa shape index (κ1) is 13.3. The number of hydrogen-bond acceptors (Lipinski definition) is 7. The molecule has 108 valence electrons. The van der Waals surface area contributed by atoms with Crippen molar-refractivity contribution in [2.45, 2.75) is 44.8 Å². The van der Waals surface area contributed by atoms with E-state index < -0.39 is 5.54 Å². The third kappa shape index (κ3) is 2.46. The number of nitrogens with two attached hydrogens (primary N) is 1. The van der Waals surface area contributed by atoms with Crippen molar-refractivity contribution in [1.29, 1.82) is 0 Å². The maximum absolute atomic E-state index is 6.21. The molecular formula is C13H18N4O3. The molecule has 2 aromatic rings. The van der Waals surface area contributed by atoms with E-state index in [0.717, 1.165) is 12.8 Å². The van der Waals surface area contributed by atoms with Crippen molar-refractivity contribution in [2.24, 2.45) is 5.73 Å². The lowest BCUT2D eigenvalue weighted by atomic mass is 9.95. The summed E-state index contributed by atoms with van der Waals surface area (Å²) >= 11 is 0. The smallest absolute Gasteiger partial charge is 0.295 e. The van der Waals surface area contributed by atoms with Crippen LogP contribution in [0.5, 0.6) is 0 Å². The Morgan fingerprint density at radius 1 is 1.50 bits per heavy atom. The van der Waals surface area contributed by atoms with Crippen LogP contribution >= 0.6 is 0 Å². The summed E-state index contributed by atoms with van der Waals surface area (Å²) in [4.78, 5) is 8.28. The molecule has 1 saturated carbocycles. The molecule has 0 bridgehead atoms. The van der Waals surface area contributed by atoms with E-state index in [4.69, 9.17) is 19.4 Å². The zero-order valence-electron chi connectivity index (χ0n) is 11.6. The molecule has 7 nitrogen and oxygen atoms in total. The van der Waals surface area contributed by atoms with E-state index in [0.29, 0.717) is 30.0 Å². The SMILES string of the molecule is Cc1ncoc1-c1nc(C(C)(N)COC2CCC2)no1. The lowest BCUT2D eigenvalue weighted by Gasteiger charge is -2.29. The second-order valence-corrected chi connectivity index (χ2v) is 5.47. The van der Waals surface area contributed by atoms with Crippen molar-refractivity contribution in [1.82, 2.24) is 15.1 Å². The molecule has 2 N–H and O–H groups in total.